The van der Waals surface area contributed by atoms with Crippen molar-refractivity contribution < 1.29 is 47.8 Å². The third-order valence-electron chi connectivity index (χ3n) is 8.67. The highest BCUT2D eigenvalue weighted by molar-refractivity contribution is 7.47. The van der Waals surface area contributed by atoms with Crippen LogP contribution in [0.25, 0.3) is 0 Å². The van der Waals surface area contributed by atoms with E-state index >= 15 is 0 Å². The van der Waals surface area contributed by atoms with E-state index in [2.05, 4.69) is 30.5 Å². The number of carbonyl (C=O) groups is 2. The van der Waals surface area contributed by atoms with Crippen LogP contribution in [0.2, 0.25) is 0 Å². The number of phosphoric ester groups is 1. The van der Waals surface area contributed by atoms with Gasteiger partial charge in [0, 0.05) is 12.8 Å². The van der Waals surface area contributed by atoms with Crippen LogP contribution in [-0.2, 0) is 32.7 Å². The first kappa shape index (κ1) is 48.7. The molecule has 0 aromatic carbocycles. The van der Waals surface area contributed by atoms with Crippen LogP contribution < -0.4 is 0 Å². The number of hydrogen-bond acceptors (Lipinski definition) is 9. The number of unbranched alkanes of at least 4 members (excludes halogenated alkanes) is 22. The summed E-state index contributed by atoms with van der Waals surface area (Å²) in [5, 5.41) is 18.3. The number of aliphatic hydroxyl groups is 2. The summed E-state index contributed by atoms with van der Waals surface area (Å²) >= 11 is 0. The average molecular weight is 735 g/mol. The lowest BCUT2D eigenvalue weighted by molar-refractivity contribution is -0.161. The molecule has 0 saturated heterocycles. The number of aliphatic hydroxyl groups excluding tert-OH is 2. The molecule has 0 fully saturated rings. The molecular weight excluding hydrogens is 659 g/mol. The predicted molar refractivity (Wildman–Crippen MR) is 201 cm³/mol. The third-order valence-corrected chi connectivity index (χ3v) is 9.62. The standard InChI is InChI=1S/C39H75O10P/c1-3-5-7-9-11-13-15-17-19-20-22-24-26-28-30-38(42)46-34-37(35-48-50(44,45)47-33-36(41)32-40)49-39(43)31-29-27-25-23-21-18-16-14-12-10-8-6-4-2/h15,17,36-37,40-41H,3-14,16,18-35H2,1-2H3,(H,44,45)/b17-15+/t36-,37+/m0/s1. The molecule has 0 aromatic rings. The zero-order chi connectivity index (χ0) is 37.0. The van der Waals surface area contributed by atoms with E-state index in [1.165, 1.54) is 96.3 Å². The minimum atomic E-state index is -4.61. The van der Waals surface area contributed by atoms with E-state index in [4.69, 9.17) is 19.1 Å². The van der Waals surface area contributed by atoms with Crippen LogP contribution >= 0.6 is 7.82 Å². The van der Waals surface area contributed by atoms with Crippen LogP contribution in [0.3, 0.4) is 0 Å². The minimum Gasteiger partial charge on any atom is -0.462 e. The molecule has 0 saturated carbocycles. The molecule has 3 N–H and O–H groups in total. The molecule has 0 rings (SSSR count). The Labute approximate surface area is 305 Å². The first-order chi connectivity index (χ1) is 24.2. The molecule has 0 aliphatic carbocycles. The molecule has 0 aliphatic heterocycles. The maximum absolute atomic E-state index is 12.6. The predicted octanol–water partition coefficient (Wildman–Crippen LogP) is 10.1. The molecule has 0 radical (unpaired) electrons. The number of allylic oxidation sites excluding steroid dienone is 2. The van der Waals surface area contributed by atoms with Crippen LogP contribution in [0.1, 0.15) is 187 Å². The Morgan fingerprint density at radius 1 is 0.580 bits per heavy atom. The summed E-state index contributed by atoms with van der Waals surface area (Å²) in [6, 6.07) is 0. The van der Waals surface area contributed by atoms with Crippen LogP contribution in [0.15, 0.2) is 12.2 Å². The Bertz CT molecular complexity index is 853. The fraction of sp³-hybridized carbons (Fsp3) is 0.897. The van der Waals surface area contributed by atoms with Crippen molar-refractivity contribution in [3.8, 4) is 0 Å². The van der Waals surface area contributed by atoms with Crippen molar-refractivity contribution in [1.29, 1.82) is 0 Å². The Hall–Kier alpha value is -1.29. The molecule has 0 heterocycles. The van der Waals surface area contributed by atoms with Gasteiger partial charge in [-0.25, -0.2) is 4.57 Å². The summed E-state index contributed by atoms with van der Waals surface area (Å²) in [5.74, 6) is -0.928. The number of rotatable bonds is 38. The summed E-state index contributed by atoms with van der Waals surface area (Å²) in [4.78, 5) is 34.8. The van der Waals surface area contributed by atoms with Crippen LogP contribution in [0.4, 0.5) is 0 Å². The number of esters is 2. The fourth-order valence-electron chi connectivity index (χ4n) is 5.52. The Morgan fingerprint density at radius 3 is 1.44 bits per heavy atom. The van der Waals surface area contributed by atoms with E-state index in [0.717, 1.165) is 51.4 Å². The second-order valence-electron chi connectivity index (χ2n) is 13.7. The maximum atomic E-state index is 12.6. The van der Waals surface area contributed by atoms with Crippen molar-refractivity contribution in [2.45, 2.75) is 199 Å². The van der Waals surface area contributed by atoms with E-state index < -0.39 is 51.8 Å². The zero-order valence-corrected chi connectivity index (χ0v) is 32.8. The average Bonchev–Trinajstić information content (AvgIpc) is 3.10. The molecule has 0 aliphatic rings. The van der Waals surface area contributed by atoms with Gasteiger partial charge in [-0.1, -0.05) is 148 Å². The van der Waals surface area contributed by atoms with E-state index in [1.807, 2.05) is 0 Å². The molecule has 0 amide bonds. The molecule has 0 bridgehead atoms. The normalized spacial score (nSPS) is 14.1. The van der Waals surface area contributed by atoms with E-state index in [-0.39, 0.29) is 19.4 Å². The summed E-state index contributed by atoms with van der Waals surface area (Å²) in [7, 11) is -4.61. The number of hydrogen-bond donors (Lipinski definition) is 3. The maximum Gasteiger partial charge on any atom is 0.472 e. The molecule has 296 valence electrons. The lowest BCUT2D eigenvalue weighted by Crippen LogP contribution is -2.29. The molecule has 1 unspecified atom stereocenters. The first-order valence-corrected chi connectivity index (χ1v) is 21.6. The Balaban J connectivity index is 4.33. The third kappa shape index (κ3) is 35.1. The lowest BCUT2D eigenvalue weighted by Gasteiger charge is -2.20. The smallest absolute Gasteiger partial charge is 0.462 e. The molecule has 0 spiro atoms. The van der Waals surface area contributed by atoms with Crippen LogP contribution in [-0.4, -0.2) is 65.7 Å². The van der Waals surface area contributed by atoms with Crippen LogP contribution in [0.5, 0.6) is 0 Å². The van der Waals surface area contributed by atoms with Gasteiger partial charge in [-0.3, -0.25) is 18.6 Å². The van der Waals surface area contributed by atoms with Crippen LogP contribution in [0, 0.1) is 0 Å². The molecule has 3 atom stereocenters. The summed E-state index contributed by atoms with van der Waals surface area (Å²) in [5.41, 5.74) is 0. The SMILES string of the molecule is CCCCCCC/C=C/CCCCCCCC(=O)OC[C@H](COP(=O)(O)OC[C@@H](O)CO)OC(=O)CCCCCCCCCCCCCCC. The minimum absolute atomic E-state index is 0.188. The highest BCUT2D eigenvalue weighted by Gasteiger charge is 2.27. The molecule has 50 heavy (non-hydrogen) atoms. The second kappa shape index (κ2) is 36.1. The quantitative estimate of drug-likeness (QED) is 0.0242. The van der Waals surface area contributed by atoms with Gasteiger partial charge in [-0.05, 0) is 38.5 Å². The summed E-state index contributed by atoms with van der Waals surface area (Å²) in [6.07, 6.45) is 31.7. The van der Waals surface area contributed by atoms with E-state index in [9.17, 15) is 24.2 Å². The summed E-state index contributed by atoms with van der Waals surface area (Å²) in [6.45, 7) is 2.36. The van der Waals surface area contributed by atoms with E-state index in [0.29, 0.717) is 12.8 Å². The number of phosphoric acid groups is 1. The van der Waals surface area contributed by atoms with Gasteiger partial charge in [0.1, 0.15) is 12.7 Å². The molecule has 11 heteroatoms. The van der Waals surface area contributed by atoms with Gasteiger partial charge in [0.2, 0.25) is 0 Å². The highest BCUT2D eigenvalue weighted by Crippen LogP contribution is 2.43. The van der Waals surface area contributed by atoms with Gasteiger partial charge >= 0.3 is 19.8 Å². The summed E-state index contributed by atoms with van der Waals surface area (Å²) < 4.78 is 32.6. The molecule has 10 nitrogen and oxygen atoms in total. The molecular formula is C39H75O10P. The van der Waals surface area contributed by atoms with Crippen molar-refractivity contribution >= 4 is 19.8 Å². The Kier molecular flexibility index (Phi) is 35.2. The Morgan fingerprint density at radius 2 is 0.980 bits per heavy atom. The fourth-order valence-corrected chi connectivity index (χ4v) is 6.31. The van der Waals surface area contributed by atoms with Gasteiger partial charge < -0.3 is 24.6 Å². The molecule has 0 aromatic heterocycles. The van der Waals surface area contributed by atoms with Gasteiger partial charge in [0.05, 0.1) is 19.8 Å². The van der Waals surface area contributed by atoms with Crippen molar-refractivity contribution in [1.82, 2.24) is 0 Å². The van der Waals surface area contributed by atoms with Crippen molar-refractivity contribution in [3.63, 3.8) is 0 Å². The van der Waals surface area contributed by atoms with Gasteiger partial charge in [-0.2, -0.15) is 0 Å². The van der Waals surface area contributed by atoms with Crippen molar-refractivity contribution in [2.75, 3.05) is 26.4 Å². The van der Waals surface area contributed by atoms with Crippen molar-refractivity contribution in [3.05, 3.63) is 12.2 Å². The van der Waals surface area contributed by atoms with Gasteiger partial charge in [0.15, 0.2) is 6.10 Å². The monoisotopic (exact) mass is 735 g/mol. The first-order valence-electron chi connectivity index (χ1n) is 20.1. The number of carbonyl (C=O) groups excluding carboxylic acids is 2. The van der Waals surface area contributed by atoms with Gasteiger partial charge in [0.25, 0.3) is 0 Å². The van der Waals surface area contributed by atoms with E-state index in [1.54, 1.807) is 0 Å². The van der Waals surface area contributed by atoms with Crippen molar-refractivity contribution in [2.24, 2.45) is 0 Å². The van der Waals surface area contributed by atoms with Gasteiger partial charge in [-0.15, -0.1) is 0 Å². The largest absolute Gasteiger partial charge is 0.472 e. The highest BCUT2D eigenvalue weighted by atomic mass is 31.2. The zero-order valence-electron chi connectivity index (χ0n) is 31.9. The second-order valence-corrected chi connectivity index (χ2v) is 15.1. The number of ether oxygens (including phenoxy) is 2. The lowest BCUT2D eigenvalue weighted by atomic mass is 10.0. The topological polar surface area (TPSA) is 149 Å².